The fraction of sp³-hybridized carbons (Fsp3) is 0.565. The molecule has 0 saturated heterocycles. The molecule has 0 spiro atoms. The van der Waals surface area contributed by atoms with E-state index in [0.29, 0.717) is 11.4 Å². The van der Waals surface area contributed by atoms with Crippen LogP contribution >= 0.6 is 0 Å². The summed E-state index contributed by atoms with van der Waals surface area (Å²) >= 11 is 0. The molecule has 0 aliphatic rings. The Labute approximate surface area is 171 Å². The Morgan fingerprint density at radius 1 is 0.786 bits per heavy atom. The Morgan fingerprint density at radius 2 is 1.36 bits per heavy atom. The molecule has 4 nitrogen and oxygen atoms in total. The molecule has 0 saturated carbocycles. The minimum absolute atomic E-state index is 0.365. The third-order valence-electron chi connectivity index (χ3n) is 5.20. The zero-order valence-electron chi connectivity index (χ0n) is 17.7. The van der Waals surface area contributed by atoms with Crippen molar-refractivity contribution in [3.05, 3.63) is 36.4 Å². The van der Waals surface area contributed by atoms with Crippen LogP contribution in [0.2, 0.25) is 0 Å². The molecule has 0 bridgehead atoms. The lowest BCUT2D eigenvalue weighted by molar-refractivity contribution is 0.554. The van der Waals surface area contributed by atoms with Gasteiger partial charge in [0.2, 0.25) is 10.0 Å². The van der Waals surface area contributed by atoms with Gasteiger partial charge >= 0.3 is 0 Å². The predicted molar refractivity (Wildman–Crippen MR) is 121 cm³/mol. The lowest BCUT2D eigenvalue weighted by Crippen LogP contribution is -2.25. The molecular formula is C23H36N2O2S. The number of sulfonamides is 1. The highest BCUT2D eigenvalue weighted by Crippen LogP contribution is 2.30. The first kappa shape index (κ1) is 22.7. The summed E-state index contributed by atoms with van der Waals surface area (Å²) in [5.41, 5.74) is 1.02. The number of hydrogen-bond acceptors (Lipinski definition) is 3. The third-order valence-corrected chi connectivity index (χ3v) is 6.72. The van der Waals surface area contributed by atoms with Crippen LogP contribution in [-0.2, 0) is 10.0 Å². The van der Waals surface area contributed by atoms with Crippen molar-refractivity contribution in [2.75, 3.05) is 25.5 Å². The molecule has 0 unspecified atom stereocenters. The van der Waals surface area contributed by atoms with Crippen LogP contribution in [0.1, 0.15) is 64.7 Å². The summed E-state index contributed by atoms with van der Waals surface area (Å²) in [6.45, 7) is 2.74. The van der Waals surface area contributed by atoms with E-state index in [1.54, 1.807) is 6.07 Å². The van der Waals surface area contributed by atoms with Crippen molar-refractivity contribution < 1.29 is 8.42 Å². The summed E-state index contributed by atoms with van der Waals surface area (Å²) in [6.07, 6.45) is 11.0. The van der Waals surface area contributed by atoms with E-state index in [1.165, 1.54) is 44.9 Å². The minimum Gasteiger partial charge on any atom is -0.377 e. The number of benzene rings is 2. The molecule has 2 aromatic rings. The molecule has 0 aliphatic heterocycles. The average molecular weight is 405 g/mol. The molecule has 28 heavy (non-hydrogen) atoms. The summed E-state index contributed by atoms with van der Waals surface area (Å²) in [4.78, 5) is 2.37. The van der Waals surface area contributed by atoms with Gasteiger partial charge in [0.15, 0.2) is 0 Å². The second-order valence-corrected chi connectivity index (χ2v) is 9.48. The molecule has 5 heteroatoms. The summed E-state index contributed by atoms with van der Waals surface area (Å²) < 4.78 is 28.5. The molecule has 0 radical (unpaired) electrons. The number of nitrogens with one attached hydrogen (secondary N) is 1. The molecule has 2 rings (SSSR count). The van der Waals surface area contributed by atoms with E-state index in [-0.39, 0.29) is 0 Å². The van der Waals surface area contributed by atoms with Gasteiger partial charge in [0, 0.05) is 37.1 Å². The number of unbranched alkanes of at least 4 members (excludes halogenated alkanes) is 8. The zero-order chi connectivity index (χ0) is 20.4. The van der Waals surface area contributed by atoms with Crippen molar-refractivity contribution in [1.29, 1.82) is 0 Å². The van der Waals surface area contributed by atoms with E-state index in [2.05, 4.69) is 11.6 Å². The molecule has 0 aromatic heterocycles. The number of rotatable bonds is 13. The number of nitrogens with zero attached hydrogens (tertiary/aromatic N) is 1. The van der Waals surface area contributed by atoms with Gasteiger partial charge in [-0.3, -0.25) is 0 Å². The van der Waals surface area contributed by atoms with Crippen LogP contribution in [0.5, 0.6) is 0 Å². The quantitative estimate of drug-likeness (QED) is 0.435. The van der Waals surface area contributed by atoms with Gasteiger partial charge in [-0.2, -0.15) is 0 Å². The van der Waals surface area contributed by atoms with E-state index >= 15 is 0 Å². The van der Waals surface area contributed by atoms with E-state index < -0.39 is 10.0 Å². The third kappa shape index (κ3) is 6.49. The minimum atomic E-state index is -3.51. The first-order valence-electron chi connectivity index (χ1n) is 10.7. The van der Waals surface area contributed by atoms with E-state index in [0.717, 1.165) is 29.3 Å². The summed E-state index contributed by atoms with van der Waals surface area (Å²) in [6, 6.07) is 11.3. The topological polar surface area (TPSA) is 49.4 Å². The molecule has 0 amide bonds. The molecule has 0 fully saturated rings. The van der Waals surface area contributed by atoms with Crippen LogP contribution in [0.15, 0.2) is 41.3 Å². The first-order chi connectivity index (χ1) is 13.5. The number of fused-ring (bicyclic) bond motifs is 1. The maximum absolute atomic E-state index is 12.8. The highest BCUT2D eigenvalue weighted by Gasteiger charge is 2.17. The monoisotopic (exact) mass is 404 g/mol. The molecule has 0 aliphatic carbocycles. The maximum atomic E-state index is 12.8. The average Bonchev–Trinajstić information content (AvgIpc) is 2.68. The van der Waals surface area contributed by atoms with Crippen LogP contribution in [0, 0.1) is 0 Å². The van der Waals surface area contributed by atoms with Crippen LogP contribution in [0.25, 0.3) is 10.8 Å². The van der Waals surface area contributed by atoms with E-state index in [4.69, 9.17) is 0 Å². The lowest BCUT2D eigenvalue weighted by Gasteiger charge is -2.17. The van der Waals surface area contributed by atoms with Crippen LogP contribution in [0.4, 0.5) is 5.69 Å². The largest absolute Gasteiger partial charge is 0.377 e. The van der Waals surface area contributed by atoms with Crippen molar-refractivity contribution in [1.82, 2.24) is 4.72 Å². The highest BCUT2D eigenvalue weighted by atomic mass is 32.2. The summed E-state index contributed by atoms with van der Waals surface area (Å²) in [7, 11) is 0.435. The highest BCUT2D eigenvalue weighted by molar-refractivity contribution is 7.89. The molecule has 2 aromatic carbocycles. The SMILES string of the molecule is CCCCCCCCCCCNS(=O)(=O)c1cccc2c(N(C)C)cccc12. The van der Waals surface area contributed by atoms with Crippen molar-refractivity contribution in [2.45, 2.75) is 69.6 Å². The van der Waals surface area contributed by atoms with Gasteiger partial charge in [-0.1, -0.05) is 82.6 Å². The van der Waals surface area contributed by atoms with Gasteiger partial charge < -0.3 is 4.90 Å². The fourth-order valence-corrected chi connectivity index (χ4v) is 4.90. The predicted octanol–water partition coefficient (Wildman–Crippen LogP) is 5.71. The van der Waals surface area contributed by atoms with Crippen molar-refractivity contribution in [3.8, 4) is 0 Å². The Morgan fingerprint density at radius 3 is 2.00 bits per heavy atom. The van der Waals surface area contributed by atoms with Crippen LogP contribution in [-0.4, -0.2) is 29.1 Å². The van der Waals surface area contributed by atoms with Crippen LogP contribution in [0.3, 0.4) is 0 Å². The first-order valence-corrected chi connectivity index (χ1v) is 12.1. The second kappa shape index (κ2) is 11.4. The van der Waals surface area contributed by atoms with Gasteiger partial charge in [-0.05, 0) is 18.6 Å². The van der Waals surface area contributed by atoms with Crippen molar-refractivity contribution in [3.63, 3.8) is 0 Å². The lowest BCUT2D eigenvalue weighted by atomic mass is 10.1. The zero-order valence-corrected chi connectivity index (χ0v) is 18.5. The Hall–Kier alpha value is -1.59. The van der Waals surface area contributed by atoms with Crippen molar-refractivity contribution >= 4 is 26.5 Å². The summed E-state index contributed by atoms with van der Waals surface area (Å²) in [5.74, 6) is 0. The van der Waals surface area contributed by atoms with Gasteiger partial charge in [-0.25, -0.2) is 13.1 Å². The molecule has 156 valence electrons. The number of anilines is 1. The number of hydrogen-bond donors (Lipinski definition) is 1. The second-order valence-electron chi connectivity index (χ2n) is 7.75. The standard InChI is InChI=1S/C23H36N2O2S/c1-4-5-6-7-8-9-10-11-12-19-24-28(26,27)23-18-14-15-20-21(23)16-13-17-22(20)25(2)3/h13-18,24H,4-12,19H2,1-3H3. The normalized spacial score (nSPS) is 11.8. The van der Waals surface area contributed by atoms with E-state index in [9.17, 15) is 8.42 Å². The Bertz CT molecular complexity index is 832. The van der Waals surface area contributed by atoms with Gasteiger partial charge in [0.1, 0.15) is 0 Å². The maximum Gasteiger partial charge on any atom is 0.241 e. The molecule has 0 atom stereocenters. The van der Waals surface area contributed by atoms with Gasteiger partial charge in [0.25, 0.3) is 0 Å². The van der Waals surface area contributed by atoms with Crippen molar-refractivity contribution in [2.24, 2.45) is 0 Å². The Kier molecular flexibility index (Phi) is 9.26. The fourth-order valence-electron chi connectivity index (χ4n) is 3.61. The van der Waals surface area contributed by atoms with Gasteiger partial charge in [0.05, 0.1) is 4.90 Å². The Balaban J connectivity index is 1.87. The molecular weight excluding hydrogens is 368 g/mol. The van der Waals surface area contributed by atoms with E-state index in [1.807, 2.05) is 49.3 Å². The van der Waals surface area contributed by atoms with Crippen LogP contribution < -0.4 is 9.62 Å². The molecule has 1 N–H and O–H groups in total. The smallest absolute Gasteiger partial charge is 0.241 e. The summed E-state index contributed by atoms with van der Waals surface area (Å²) in [5, 5.41) is 1.73. The van der Waals surface area contributed by atoms with Gasteiger partial charge in [-0.15, -0.1) is 0 Å². The molecule has 0 heterocycles.